The summed E-state index contributed by atoms with van der Waals surface area (Å²) in [5.41, 5.74) is 1.00. The summed E-state index contributed by atoms with van der Waals surface area (Å²) in [7, 11) is 0. The molecular weight excluding hydrogens is 887 g/mol. The number of aliphatic hydroxyl groups is 1. The van der Waals surface area contributed by atoms with Crippen molar-refractivity contribution in [3.8, 4) is 0 Å². The van der Waals surface area contributed by atoms with Gasteiger partial charge in [-0.25, -0.2) is 14.4 Å². The third-order valence-corrected chi connectivity index (χ3v) is 13.6. The van der Waals surface area contributed by atoms with Crippen LogP contribution in [0, 0.1) is 42.2 Å². The number of nitrogens with zero attached hydrogens (tertiary/aromatic N) is 7. The summed E-state index contributed by atoms with van der Waals surface area (Å²) < 4.78 is 16.8. The van der Waals surface area contributed by atoms with Gasteiger partial charge in [-0.15, -0.1) is 11.8 Å². The SMILES string of the molecule is CC1CN(C(=O)OCc2ccc([N+](=O)[O-])cc2)CCN1C(=O)[C@@H]1C[C@H](SC2=C(C(=O)OCc3ccc([N+](=O)[O-])cc3)N3C(=O)[C@H]([C@@H](C)O)[C@H]3[C@H]2C)CN1C(=O)OCc1ccc([N+](=O)[O-])cc1. The number of hydrogen-bond donors (Lipinski definition) is 1. The van der Waals surface area contributed by atoms with Gasteiger partial charge in [-0.2, -0.15) is 0 Å². The number of nitro groups is 3. The zero-order chi connectivity index (χ0) is 47.6. The van der Waals surface area contributed by atoms with Gasteiger partial charge < -0.3 is 34.0 Å². The first-order chi connectivity index (χ1) is 31.4. The molecule has 0 aromatic heterocycles. The molecule has 22 nitrogen and oxygen atoms in total. The lowest BCUT2D eigenvalue weighted by molar-refractivity contribution is -0.385. The maximum Gasteiger partial charge on any atom is 0.410 e. The minimum atomic E-state index is -1.08. The number of amides is 4. The molecule has 3 aromatic carbocycles. The van der Waals surface area contributed by atoms with Crippen LogP contribution in [0.15, 0.2) is 83.4 Å². The van der Waals surface area contributed by atoms with Crippen LogP contribution in [0.25, 0.3) is 0 Å². The second-order valence-corrected chi connectivity index (χ2v) is 17.7. The maximum absolute atomic E-state index is 14.6. The highest BCUT2D eigenvalue weighted by atomic mass is 32.2. The predicted molar refractivity (Wildman–Crippen MR) is 231 cm³/mol. The highest BCUT2D eigenvalue weighted by Crippen LogP contribution is 2.52. The van der Waals surface area contributed by atoms with E-state index in [1.54, 1.807) is 11.8 Å². The second kappa shape index (κ2) is 19.5. The fourth-order valence-electron chi connectivity index (χ4n) is 8.63. The number of nitro benzene ring substituents is 3. The highest BCUT2D eigenvalue weighted by Gasteiger charge is 2.61. The topological polar surface area (TPSA) is 276 Å². The smallest absolute Gasteiger partial charge is 0.410 e. The molecule has 0 spiro atoms. The van der Waals surface area contributed by atoms with Crippen molar-refractivity contribution in [2.24, 2.45) is 11.8 Å². The van der Waals surface area contributed by atoms with Crippen molar-refractivity contribution in [2.75, 3.05) is 26.2 Å². The van der Waals surface area contributed by atoms with Gasteiger partial charge in [0.2, 0.25) is 11.8 Å². The fraction of sp³-hybridized carbons (Fsp3) is 0.419. The number of esters is 1. The zero-order valence-corrected chi connectivity index (χ0v) is 36.6. The van der Waals surface area contributed by atoms with E-state index in [0.29, 0.717) is 21.6 Å². The molecule has 0 saturated carbocycles. The molecule has 23 heteroatoms. The van der Waals surface area contributed by atoms with Crippen molar-refractivity contribution in [1.29, 1.82) is 0 Å². The summed E-state index contributed by atoms with van der Waals surface area (Å²) in [5, 5.41) is 43.3. The second-order valence-electron chi connectivity index (χ2n) is 16.4. The van der Waals surface area contributed by atoms with E-state index in [0.717, 1.165) is 0 Å². The van der Waals surface area contributed by atoms with Crippen LogP contribution in [0.2, 0.25) is 0 Å². The lowest BCUT2D eigenvalue weighted by Gasteiger charge is -2.46. The van der Waals surface area contributed by atoms with Crippen LogP contribution in [0.1, 0.15) is 43.9 Å². The normalized spacial score (nSPS) is 22.9. The van der Waals surface area contributed by atoms with Crippen LogP contribution in [0.4, 0.5) is 26.7 Å². The third-order valence-electron chi connectivity index (χ3n) is 12.1. The number of non-ortho nitro benzene ring substituents is 3. The number of aliphatic hydroxyl groups excluding tert-OH is 1. The van der Waals surface area contributed by atoms with Gasteiger partial charge in [-0.05, 0) is 73.4 Å². The zero-order valence-electron chi connectivity index (χ0n) is 35.8. The molecule has 4 amide bonds. The summed E-state index contributed by atoms with van der Waals surface area (Å²) >= 11 is 1.21. The van der Waals surface area contributed by atoms with E-state index < -0.39 is 86.1 Å². The number of β-lactam (4-membered cyclic amide) rings is 1. The van der Waals surface area contributed by atoms with Crippen molar-refractivity contribution in [3.05, 3.63) is 130 Å². The van der Waals surface area contributed by atoms with Gasteiger partial charge in [-0.3, -0.25) is 44.8 Å². The Labute approximate surface area is 380 Å². The van der Waals surface area contributed by atoms with E-state index in [2.05, 4.69) is 0 Å². The number of likely N-dealkylation sites (tertiary alicyclic amines) is 1. The number of rotatable bonds is 14. The van der Waals surface area contributed by atoms with Gasteiger partial charge in [-0.1, -0.05) is 6.92 Å². The molecule has 3 aromatic rings. The lowest BCUT2D eigenvalue weighted by atomic mass is 9.79. The first-order valence-electron chi connectivity index (χ1n) is 20.9. The van der Waals surface area contributed by atoms with E-state index in [4.69, 9.17) is 14.2 Å². The number of piperazine rings is 1. The van der Waals surface area contributed by atoms with Crippen molar-refractivity contribution in [2.45, 2.75) is 76.5 Å². The molecule has 4 aliphatic heterocycles. The van der Waals surface area contributed by atoms with Crippen LogP contribution in [0.5, 0.6) is 0 Å². The summed E-state index contributed by atoms with van der Waals surface area (Å²) in [5.74, 6) is -3.02. The molecule has 1 unspecified atom stereocenters. The van der Waals surface area contributed by atoms with Crippen LogP contribution in [-0.4, -0.2) is 125 Å². The lowest BCUT2D eigenvalue weighted by Crippen LogP contribution is -2.63. The Hall–Kier alpha value is -7.14. The van der Waals surface area contributed by atoms with Crippen LogP contribution in [0.3, 0.4) is 0 Å². The molecule has 7 rings (SSSR count). The minimum Gasteiger partial charge on any atom is -0.456 e. The summed E-state index contributed by atoms with van der Waals surface area (Å²) in [6.07, 6.45) is -2.44. The molecule has 1 N–H and O–H groups in total. The average molecular weight is 932 g/mol. The molecular formula is C43H45N7O15S. The van der Waals surface area contributed by atoms with E-state index in [-0.39, 0.29) is 75.2 Å². The number of carbonyl (C=O) groups excluding carboxylic acids is 5. The Kier molecular flexibility index (Phi) is 13.9. The molecule has 7 atom stereocenters. The Morgan fingerprint density at radius 1 is 0.727 bits per heavy atom. The summed E-state index contributed by atoms with van der Waals surface area (Å²) in [4.78, 5) is 107. The Morgan fingerprint density at radius 3 is 1.68 bits per heavy atom. The predicted octanol–water partition coefficient (Wildman–Crippen LogP) is 4.91. The molecule has 0 aliphatic carbocycles. The van der Waals surface area contributed by atoms with Gasteiger partial charge in [0.05, 0.1) is 32.8 Å². The van der Waals surface area contributed by atoms with Gasteiger partial charge in [0, 0.05) is 84.7 Å². The van der Waals surface area contributed by atoms with Crippen LogP contribution < -0.4 is 0 Å². The van der Waals surface area contributed by atoms with Gasteiger partial charge in [0.1, 0.15) is 31.6 Å². The molecule has 3 fully saturated rings. The standard InChI is InChI=1S/C43H45N7O15S/c1-24-19-44(42(55)64-22-28-6-12-31(13-7-28)49(59)60)16-17-45(24)39(52)34-18-33(20-46(34)43(56)65-23-29-8-14-32(15-9-29)50(61)62)66-38-25(2)36-35(26(3)51)40(53)47(36)37(38)41(54)63-21-27-4-10-30(11-5-27)48(57)58/h4-15,24-26,33-36,51H,16-23H2,1-3H3/t24?,25-,26-,33+,34+,35-,36-/m1/s1. The molecule has 4 heterocycles. The third kappa shape index (κ3) is 9.76. The number of fused-ring (bicyclic) bond motifs is 1. The van der Waals surface area contributed by atoms with E-state index >= 15 is 0 Å². The Balaban J connectivity index is 1.08. The van der Waals surface area contributed by atoms with Crippen molar-refractivity contribution < 1.29 is 58.1 Å². The van der Waals surface area contributed by atoms with Gasteiger partial charge in [0.25, 0.3) is 17.1 Å². The van der Waals surface area contributed by atoms with E-state index in [1.165, 1.54) is 106 Å². The van der Waals surface area contributed by atoms with E-state index in [9.17, 15) is 59.4 Å². The quantitative estimate of drug-likeness (QED) is 0.0739. The highest BCUT2D eigenvalue weighted by molar-refractivity contribution is 8.03. The first kappa shape index (κ1) is 46.8. The molecule has 66 heavy (non-hydrogen) atoms. The molecule has 348 valence electrons. The minimum absolute atomic E-state index is 0.0337. The molecule has 0 radical (unpaired) electrons. The largest absolute Gasteiger partial charge is 0.456 e. The van der Waals surface area contributed by atoms with Crippen molar-refractivity contribution >= 4 is 58.8 Å². The fourth-order valence-corrected chi connectivity index (χ4v) is 10.2. The summed E-state index contributed by atoms with van der Waals surface area (Å²) in [6.45, 7) is 4.60. The van der Waals surface area contributed by atoms with Crippen molar-refractivity contribution in [3.63, 3.8) is 0 Å². The number of hydrogen-bond acceptors (Lipinski definition) is 16. The average Bonchev–Trinajstić information content (AvgIpc) is 3.83. The number of thioether (sulfide) groups is 1. The van der Waals surface area contributed by atoms with Gasteiger partial charge in [0.15, 0.2) is 0 Å². The number of carbonyl (C=O) groups is 5. The van der Waals surface area contributed by atoms with Gasteiger partial charge >= 0.3 is 18.2 Å². The molecule has 3 saturated heterocycles. The first-order valence-corrected chi connectivity index (χ1v) is 21.8. The molecule has 0 bridgehead atoms. The Bertz CT molecular complexity index is 2450. The molecule has 4 aliphatic rings. The maximum atomic E-state index is 14.6. The van der Waals surface area contributed by atoms with Crippen LogP contribution >= 0.6 is 11.8 Å². The number of benzene rings is 3. The number of ether oxygens (including phenoxy) is 3. The van der Waals surface area contributed by atoms with E-state index in [1.807, 2.05) is 6.92 Å². The Morgan fingerprint density at radius 2 is 1.21 bits per heavy atom. The van der Waals surface area contributed by atoms with Crippen LogP contribution in [-0.2, 0) is 48.4 Å². The summed E-state index contributed by atoms with van der Waals surface area (Å²) in [6, 6.07) is 14.2. The monoisotopic (exact) mass is 931 g/mol. The van der Waals surface area contributed by atoms with Crippen molar-refractivity contribution in [1.82, 2.24) is 19.6 Å².